The average Bonchev–Trinajstić information content (AvgIpc) is 3.08. The van der Waals surface area contributed by atoms with Gasteiger partial charge in [0.1, 0.15) is 30.2 Å². The summed E-state index contributed by atoms with van der Waals surface area (Å²) in [4.78, 5) is 0. The van der Waals surface area contributed by atoms with Gasteiger partial charge in [0.05, 0.1) is 25.7 Å². The highest BCUT2D eigenvalue weighted by Crippen LogP contribution is 2.51. The van der Waals surface area contributed by atoms with E-state index >= 15 is 0 Å². The maximum absolute atomic E-state index is 10.8. The molecule has 2 heterocycles. The van der Waals surface area contributed by atoms with Gasteiger partial charge in [0.25, 0.3) is 0 Å². The Labute approximate surface area is 186 Å². The molecule has 1 spiro atoms. The molecule has 0 aromatic heterocycles. The highest BCUT2D eigenvalue weighted by atomic mass is 35.5. The Morgan fingerprint density at radius 2 is 1.97 bits per heavy atom. The summed E-state index contributed by atoms with van der Waals surface area (Å²) in [6, 6.07) is 5.99. The van der Waals surface area contributed by atoms with Crippen LogP contribution in [0.2, 0.25) is 0 Å². The van der Waals surface area contributed by atoms with E-state index in [1.807, 2.05) is 44.2 Å². The summed E-state index contributed by atoms with van der Waals surface area (Å²) in [6.07, 6.45) is -1.25. The number of rotatable bonds is 4. The van der Waals surface area contributed by atoms with Gasteiger partial charge >= 0.3 is 0 Å². The van der Waals surface area contributed by atoms with E-state index in [0.29, 0.717) is 12.0 Å². The zero-order chi connectivity index (χ0) is 22.6. The Balaban J connectivity index is 1.74. The van der Waals surface area contributed by atoms with Crippen molar-refractivity contribution in [3.63, 3.8) is 0 Å². The van der Waals surface area contributed by atoms with Crippen molar-refractivity contribution in [1.82, 2.24) is 0 Å². The first kappa shape index (κ1) is 22.7. The van der Waals surface area contributed by atoms with Gasteiger partial charge in [-0.2, -0.15) is 0 Å². The van der Waals surface area contributed by atoms with Gasteiger partial charge in [-0.1, -0.05) is 31.2 Å². The van der Waals surface area contributed by atoms with Crippen LogP contribution in [-0.2, 0) is 15.9 Å². The number of methoxy groups -OCH3 is 1. The van der Waals surface area contributed by atoms with Crippen molar-refractivity contribution < 1.29 is 34.6 Å². The third kappa shape index (κ3) is 3.62. The summed E-state index contributed by atoms with van der Waals surface area (Å²) in [5.41, 5.74) is 2.81. The quantitative estimate of drug-likeness (QED) is 0.509. The summed E-state index contributed by atoms with van der Waals surface area (Å²) in [5.74, 6) is -0.920. The van der Waals surface area contributed by atoms with E-state index in [1.54, 1.807) is 7.11 Å². The molecule has 0 bridgehead atoms. The number of allylic oxidation sites excluding steroid dienone is 2. The molecule has 1 aromatic carbocycles. The van der Waals surface area contributed by atoms with Gasteiger partial charge in [-0.3, -0.25) is 0 Å². The normalized spacial score (nSPS) is 39.8. The second-order valence-corrected chi connectivity index (χ2v) is 9.34. The Morgan fingerprint density at radius 1 is 1.23 bits per heavy atom. The molecular formula is C23H29ClO7. The van der Waals surface area contributed by atoms with Crippen molar-refractivity contribution in [2.24, 2.45) is 5.41 Å². The van der Waals surface area contributed by atoms with E-state index < -0.39 is 42.2 Å². The molecular weight excluding hydrogens is 424 g/mol. The number of aliphatic hydroxyl groups is 4. The van der Waals surface area contributed by atoms with Crippen molar-refractivity contribution in [1.29, 1.82) is 0 Å². The van der Waals surface area contributed by atoms with Crippen LogP contribution in [0.4, 0.5) is 0 Å². The molecule has 0 amide bonds. The van der Waals surface area contributed by atoms with E-state index in [4.69, 9.17) is 25.8 Å². The van der Waals surface area contributed by atoms with Gasteiger partial charge < -0.3 is 34.6 Å². The fourth-order valence-electron chi connectivity index (χ4n) is 4.71. The number of aliphatic hydroxyl groups excluding tert-OH is 4. The lowest BCUT2D eigenvalue weighted by atomic mass is 9.72. The molecule has 2 saturated heterocycles. The van der Waals surface area contributed by atoms with E-state index in [9.17, 15) is 20.4 Å². The van der Waals surface area contributed by atoms with Crippen molar-refractivity contribution in [2.45, 2.75) is 55.8 Å². The van der Waals surface area contributed by atoms with Crippen LogP contribution >= 0.6 is 11.6 Å². The Kier molecular flexibility index (Phi) is 5.98. The van der Waals surface area contributed by atoms with Crippen LogP contribution in [0.5, 0.6) is 5.75 Å². The standard InChI is InChI=1S/C23H29ClO7/c1-12-4-5-13(16(6-12)29-3)8-22(2)9-15-14(7-18(22)24)11-30-23(15)21(28)20(27)19(26)17(10-25)31-23/h4-7,9,17-21,25-28H,8,10-11H2,1-3H3/t17-,18?,19-,20+,21-,22?,23+/m1/s1. The summed E-state index contributed by atoms with van der Waals surface area (Å²) in [7, 11) is 1.63. The molecule has 2 aliphatic heterocycles. The number of ether oxygens (including phenoxy) is 3. The van der Waals surface area contributed by atoms with Crippen LogP contribution in [0.25, 0.3) is 0 Å². The van der Waals surface area contributed by atoms with Crippen molar-refractivity contribution >= 4 is 11.6 Å². The monoisotopic (exact) mass is 452 g/mol. The van der Waals surface area contributed by atoms with Crippen LogP contribution < -0.4 is 4.74 Å². The fourth-order valence-corrected chi connectivity index (χ4v) is 5.00. The molecule has 0 saturated carbocycles. The predicted octanol–water partition coefficient (Wildman–Crippen LogP) is 1.23. The molecule has 0 radical (unpaired) electrons. The highest BCUT2D eigenvalue weighted by Gasteiger charge is 2.60. The maximum Gasteiger partial charge on any atom is 0.225 e. The second-order valence-electron chi connectivity index (χ2n) is 8.87. The molecule has 4 N–H and O–H groups in total. The summed E-state index contributed by atoms with van der Waals surface area (Å²) < 4.78 is 17.3. The average molecular weight is 453 g/mol. The summed E-state index contributed by atoms with van der Waals surface area (Å²) in [5, 5.41) is 40.7. The topological polar surface area (TPSA) is 109 Å². The van der Waals surface area contributed by atoms with Crippen LogP contribution in [-0.4, -0.2) is 76.3 Å². The molecule has 31 heavy (non-hydrogen) atoms. The van der Waals surface area contributed by atoms with Crippen LogP contribution in [0.3, 0.4) is 0 Å². The van der Waals surface area contributed by atoms with Gasteiger partial charge in [-0.15, -0.1) is 11.6 Å². The van der Waals surface area contributed by atoms with E-state index in [1.165, 1.54) is 0 Å². The zero-order valence-electron chi connectivity index (χ0n) is 17.8. The van der Waals surface area contributed by atoms with Crippen LogP contribution in [0.15, 0.2) is 41.5 Å². The van der Waals surface area contributed by atoms with Crippen LogP contribution in [0, 0.1) is 12.3 Å². The third-order valence-electron chi connectivity index (χ3n) is 6.58. The molecule has 7 nitrogen and oxygen atoms in total. The van der Waals surface area contributed by atoms with Gasteiger partial charge in [0, 0.05) is 11.0 Å². The number of hydrogen-bond acceptors (Lipinski definition) is 7. The summed E-state index contributed by atoms with van der Waals surface area (Å²) in [6.45, 7) is 3.60. The Hall–Kier alpha value is -1.45. The van der Waals surface area contributed by atoms with Crippen molar-refractivity contribution in [2.75, 3.05) is 20.3 Å². The molecule has 4 rings (SSSR count). The van der Waals surface area contributed by atoms with E-state index in [2.05, 4.69) is 0 Å². The van der Waals surface area contributed by atoms with Gasteiger partial charge in [0.15, 0.2) is 0 Å². The highest BCUT2D eigenvalue weighted by molar-refractivity contribution is 6.22. The first-order valence-electron chi connectivity index (χ1n) is 10.3. The Bertz CT molecular complexity index is 913. The Morgan fingerprint density at radius 3 is 2.65 bits per heavy atom. The number of benzene rings is 1. The van der Waals surface area contributed by atoms with Crippen molar-refractivity contribution in [3.8, 4) is 5.75 Å². The summed E-state index contributed by atoms with van der Waals surface area (Å²) >= 11 is 6.79. The first-order chi connectivity index (χ1) is 14.6. The molecule has 2 unspecified atom stereocenters. The third-order valence-corrected chi connectivity index (χ3v) is 7.20. The second kappa shape index (κ2) is 8.15. The van der Waals surface area contributed by atoms with Gasteiger partial charge in [-0.25, -0.2) is 0 Å². The van der Waals surface area contributed by atoms with Crippen molar-refractivity contribution in [3.05, 3.63) is 52.6 Å². The van der Waals surface area contributed by atoms with Crippen LogP contribution in [0.1, 0.15) is 18.1 Å². The number of fused-ring (bicyclic) bond motifs is 2. The lowest BCUT2D eigenvalue weighted by molar-refractivity contribution is -0.335. The first-order valence-corrected chi connectivity index (χ1v) is 10.8. The van der Waals surface area contributed by atoms with Gasteiger partial charge in [0.2, 0.25) is 5.79 Å². The zero-order valence-corrected chi connectivity index (χ0v) is 18.5. The lowest BCUT2D eigenvalue weighted by Crippen LogP contribution is -2.65. The molecule has 170 valence electrons. The minimum Gasteiger partial charge on any atom is -0.496 e. The minimum absolute atomic E-state index is 0.136. The molecule has 8 heteroatoms. The number of aryl methyl sites for hydroxylation is 1. The smallest absolute Gasteiger partial charge is 0.225 e. The number of halogens is 1. The maximum atomic E-state index is 10.8. The lowest BCUT2D eigenvalue weighted by Gasteiger charge is -2.47. The molecule has 7 atom stereocenters. The molecule has 1 aliphatic carbocycles. The van der Waals surface area contributed by atoms with Gasteiger partial charge in [-0.05, 0) is 36.1 Å². The SMILES string of the molecule is COc1cc(C)ccc1CC1(C)C=C2C(=CC1Cl)CO[C@]21O[C@H](CO)[C@@H](O)[C@H](O)[C@H]1O. The fraction of sp³-hybridized carbons (Fsp3) is 0.565. The number of alkyl halides is 1. The molecule has 2 fully saturated rings. The van der Waals surface area contributed by atoms with E-state index in [-0.39, 0.29) is 12.0 Å². The predicted molar refractivity (Wildman–Crippen MR) is 114 cm³/mol. The number of hydrogen-bond donors (Lipinski definition) is 4. The molecule has 1 aromatic rings. The van der Waals surface area contributed by atoms with E-state index in [0.717, 1.165) is 22.4 Å². The minimum atomic E-state index is -1.69. The molecule has 3 aliphatic rings. The largest absolute Gasteiger partial charge is 0.496 e.